The minimum atomic E-state index is -0.129. The molecule has 1 aromatic heterocycles. The molecule has 1 aromatic rings. The molecule has 116 valence electrons. The molecule has 21 heavy (non-hydrogen) atoms. The molecular weight excluding hydrogens is 268 g/mol. The van der Waals surface area contributed by atoms with Gasteiger partial charge in [0, 0.05) is 25.3 Å². The Labute approximate surface area is 125 Å². The van der Waals surface area contributed by atoms with Crippen LogP contribution in [0.3, 0.4) is 0 Å². The van der Waals surface area contributed by atoms with Crippen LogP contribution in [0.2, 0.25) is 0 Å². The fourth-order valence-corrected chi connectivity index (χ4v) is 2.10. The third-order valence-electron chi connectivity index (χ3n) is 3.39. The van der Waals surface area contributed by atoms with Crippen LogP contribution in [0.25, 0.3) is 0 Å². The molecule has 1 aliphatic heterocycles. The Hall–Kier alpha value is -1.69. The Morgan fingerprint density at radius 1 is 1.38 bits per heavy atom. The number of carbonyl (C=O) groups excluding carboxylic acids is 1. The first-order valence-electron chi connectivity index (χ1n) is 7.61. The van der Waals surface area contributed by atoms with Crippen LogP contribution in [0.4, 0.5) is 5.95 Å². The maximum absolute atomic E-state index is 12.2. The standard InChI is InChI=1S/C15H24N4O2/c1-4-5-16-14(20)13-10-12(11(2)3)17-15(18-13)19-6-8-21-9-7-19/h10-11H,4-9H2,1-3H3,(H,16,20). The molecule has 0 bridgehead atoms. The number of ether oxygens (including phenoxy) is 1. The van der Waals surface area contributed by atoms with Gasteiger partial charge < -0.3 is 15.0 Å². The van der Waals surface area contributed by atoms with E-state index in [-0.39, 0.29) is 11.8 Å². The molecule has 0 aromatic carbocycles. The van der Waals surface area contributed by atoms with Crippen molar-refractivity contribution < 1.29 is 9.53 Å². The lowest BCUT2D eigenvalue weighted by Crippen LogP contribution is -2.38. The number of morpholine rings is 1. The van der Waals surface area contributed by atoms with Crippen molar-refractivity contribution in [1.29, 1.82) is 0 Å². The Bertz CT molecular complexity index is 485. The van der Waals surface area contributed by atoms with Gasteiger partial charge in [0.1, 0.15) is 5.69 Å². The third-order valence-corrected chi connectivity index (χ3v) is 3.39. The molecule has 6 heteroatoms. The highest BCUT2D eigenvalue weighted by molar-refractivity contribution is 5.92. The Kier molecular flexibility index (Phi) is 5.50. The molecule has 1 amide bonds. The topological polar surface area (TPSA) is 67.4 Å². The second-order valence-electron chi connectivity index (χ2n) is 5.49. The normalized spacial score (nSPS) is 15.3. The number of hydrogen-bond donors (Lipinski definition) is 1. The minimum Gasteiger partial charge on any atom is -0.378 e. The van der Waals surface area contributed by atoms with Crippen LogP contribution in [-0.4, -0.2) is 48.7 Å². The number of hydrogen-bond acceptors (Lipinski definition) is 5. The Balaban J connectivity index is 2.27. The third kappa shape index (κ3) is 4.14. The van der Waals surface area contributed by atoms with E-state index in [1.807, 2.05) is 6.92 Å². The van der Waals surface area contributed by atoms with E-state index in [9.17, 15) is 4.79 Å². The van der Waals surface area contributed by atoms with Crippen molar-refractivity contribution in [2.45, 2.75) is 33.1 Å². The molecule has 1 saturated heterocycles. The molecule has 6 nitrogen and oxygen atoms in total. The average molecular weight is 292 g/mol. The van der Waals surface area contributed by atoms with E-state index in [2.05, 4.69) is 34.0 Å². The highest BCUT2D eigenvalue weighted by Crippen LogP contribution is 2.18. The van der Waals surface area contributed by atoms with Crippen LogP contribution in [0, 0.1) is 0 Å². The van der Waals surface area contributed by atoms with Crippen molar-refractivity contribution in [2.75, 3.05) is 37.7 Å². The van der Waals surface area contributed by atoms with Gasteiger partial charge in [-0.15, -0.1) is 0 Å². The van der Waals surface area contributed by atoms with Gasteiger partial charge >= 0.3 is 0 Å². The van der Waals surface area contributed by atoms with E-state index < -0.39 is 0 Å². The molecule has 1 fully saturated rings. The Morgan fingerprint density at radius 2 is 2.10 bits per heavy atom. The predicted octanol–water partition coefficient (Wildman–Crippen LogP) is 1.58. The summed E-state index contributed by atoms with van der Waals surface area (Å²) >= 11 is 0. The molecule has 0 aliphatic carbocycles. The van der Waals surface area contributed by atoms with E-state index in [1.165, 1.54) is 0 Å². The first kappa shape index (κ1) is 15.7. The first-order chi connectivity index (χ1) is 10.1. The van der Waals surface area contributed by atoms with Crippen LogP contribution in [0.1, 0.15) is 49.3 Å². The highest BCUT2D eigenvalue weighted by atomic mass is 16.5. The molecule has 1 aliphatic rings. The van der Waals surface area contributed by atoms with Gasteiger partial charge in [0.05, 0.1) is 13.2 Å². The molecule has 0 atom stereocenters. The second-order valence-corrected chi connectivity index (χ2v) is 5.49. The lowest BCUT2D eigenvalue weighted by atomic mass is 10.1. The van der Waals surface area contributed by atoms with Crippen LogP contribution in [0.15, 0.2) is 6.07 Å². The van der Waals surface area contributed by atoms with Crippen LogP contribution in [-0.2, 0) is 4.74 Å². The zero-order valence-corrected chi connectivity index (χ0v) is 13.1. The summed E-state index contributed by atoms with van der Waals surface area (Å²) in [7, 11) is 0. The Morgan fingerprint density at radius 3 is 2.71 bits per heavy atom. The lowest BCUT2D eigenvalue weighted by molar-refractivity contribution is 0.0948. The van der Waals surface area contributed by atoms with Gasteiger partial charge in [-0.25, -0.2) is 9.97 Å². The minimum absolute atomic E-state index is 0.129. The smallest absolute Gasteiger partial charge is 0.270 e. The SMILES string of the molecule is CCCNC(=O)c1cc(C(C)C)nc(N2CCOCC2)n1. The van der Waals surface area contributed by atoms with Gasteiger partial charge in [-0.2, -0.15) is 0 Å². The maximum Gasteiger partial charge on any atom is 0.270 e. The molecule has 2 heterocycles. The summed E-state index contributed by atoms with van der Waals surface area (Å²) < 4.78 is 5.35. The summed E-state index contributed by atoms with van der Waals surface area (Å²) in [4.78, 5) is 23.3. The zero-order chi connectivity index (χ0) is 15.2. The van der Waals surface area contributed by atoms with Crippen molar-refractivity contribution in [3.8, 4) is 0 Å². The van der Waals surface area contributed by atoms with Crippen molar-refractivity contribution in [2.24, 2.45) is 0 Å². The molecular formula is C15H24N4O2. The fraction of sp³-hybridized carbons (Fsp3) is 0.667. The van der Waals surface area contributed by atoms with E-state index in [0.29, 0.717) is 31.4 Å². The summed E-state index contributed by atoms with van der Waals surface area (Å²) in [5.41, 5.74) is 1.34. The van der Waals surface area contributed by atoms with Crippen LogP contribution < -0.4 is 10.2 Å². The number of nitrogens with one attached hydrogen (secondary N) is 1. The molecule has 0 unspecified atom stereocenters. The fourth-order valence-electron chi connectivity index (χ4n) is 2.10. The van der Waals surface area contributed by atoms with Gasteiger partial charge in [0.15, 0.2) is 0 Å². The van der Waals surface area contributed by atoms with Crippen molar-refractivity contribution >= 4 is 11.9 Å². The molecule has 1 N–H and O–H groups in total. The van der Waals surface area contributed by atoms with Gasteiger partial charge in [-0.3, -0.25) is 4.79 Å². The maximum atomic E-state index is 12.2. The molecule has 2 rings (SSSR count). The lowest BCUT2D eigenvalue weighted by Gasteiger charge is -2.27. The van der Waals surface area contributed by atoms with E-state index in [4.69, 9.17) is 4.74 Å². The van der Waals surface area contributed by atoms with Crippen LogP contribution in [0.5, 0.6) is 0 Å². The number of rotatable bonds is 5. The summed E-state index contributed by atoms with van der Waals surface area (Å²) in [5.74, 6) is 0.757. The number of anilines is 1. The van der Waals surface area contributed by atoms with E-state index >= 15 is 0 Å². The number of carbonyl (C=O) groups is 1. The first-order valence-corrected chi connectivity index (χ1v) is 7.61. The number of amides is 1. The quantitative estimate of drug-likeness (QED) is 0.892. The van der Waals surface area contributed by atoms with Gasteiger partial charge in [0.2, 0.25) is 5.95 Å². The summed E-state index contributed by atoms with van der Waals surface area (Å²) in [5, 5.41) is 2.87. The van der Waals surface area contributed by atoms with Crippen molar-refractivity contribution in [1.82, 2.24) is 15.3 Å². The van der Waals surface area contributed by atoms with Gasteiger partial charge in [-0.05, 0) is 18.4 Å². The monoisotopic (exact) mass is 292 g/mol. The van der Waals surface area contributed by atoms with E-state index in [1.54, 1.807) is 6.07 Å². The van der Waals surface area contributed by atoms with E-state index in [0.717, 1.165) is 25.2 Å². The largest absolute Gasteiger partial charge is 0.378 e. The summed E-state index contributed by atoms with van der Waals surface area (Å²) in [6.45, 7) is 9.69. The van der Waals surface area contributed by atoms with Crippen LogP contribution >= 0.6 is 0 Å². The average Bonchev–Trinajstić information content (AvgIpc) is 2.53. The second kappa shape index (κ2) is 7.36. The van der Waals surface area contributed by atoms with Crippen molar-refractivity contribution in [3.05, 3.63) is 17.5 Å². The predicted molar refractivity (Wildman–Crippen MR) is 81.8 cm³/mol. The highest BCUT2D eigenvalue weighted by Gasteiger charge is 2.18. The zero-order valence-electron chi connectivity index (χ0n) is 13.1. The summed E-state index contributed by atoms with van der Waals surface area (Å²) in [6.07, 6.45) is 0.907. The van der Waals surface area contributed by atoms with Gasteiger partial charge in [0.25, 0.3) is 5.91 Å². The number of nitrogens with zero attached hydrogens (tertiary/aromatic N) is 3. The summed E-state index contributed by atoms with van der Waals surface area (Å²) in [6, 6.07) is 1.79. The molecule has 0 spiro atoms. The molecule has 0 saturated carbocycles. The number of aromatic nitrogens is 2. The van der Waals surface area contributed by atoms with Gasteiger partial charge in [-0.1, -0.05) is 20.8 Å². The molecule has 0 radical (unpaired) electrons. The van der Waals surface area contributed by atoms with Crippen molar-refractivity contribution in [3.63, 3.8) is 0 Å².